The summed E-state index contributed by atoms with van der Waals surface area (Å²) in [5, 5.41) is 0. The maximum atomic E-state index is 2.43. The van der Waals surface area contributed by atoms with Crippen LogP contribution in [0.3, 0.4) is 0 Å². The van der Waals surface area contributed by atoms with Gasteiger partial charge in [-0.2, -0.15) is 0 Å². The predicted molar refractivity (Wildman–Crippen MR) is 64.0 cm³/mol. The van der Waals surface area contributed by atoms with Gasteiger partial charge in [-0.15, -0.1) is 0 Å². The van der Waals surface area contributed by atoms with E-state index < -0.39 is 5.67 Å². The fourth-order valence-electron chi connectivity index (χ4n) is 0.572. The molecule has 0 spiro atoms. The summed E-state index contributed by atoms with van der Waals surface area (Å²) in [6.07, 6.45) is 0. The van der Waals surface area contributed by atoms with E-state index in [9.17, 15) is 0 Å². The quantitative estimate of drug-likeness (QED) is 0.504. The fraction of sp³-hybridized carbons (Fsp3) is 1.00. The van der Waals surface area contributed by atoms with Gasteiger partial charge >= 0.3 is 76.9 Å². The van der Waals surface area contributed by atoms with Crippen molar-refractivity contribution >= 4 is 38.3 Å². The molecule has 10 heavy (non-hydrogen) atoms. The Morgan fingerprint density at radius 1 is 1.10 bits per heavy atom. The molecule has 64 valence electrons. The van der Waals surface area contributed by atoms with Crippen molar-refractivity contribution in [3.63, 3.8) is 0 Å². The van der Waals surface area contributed by atoms with E-state index in [4.69, 9.17) is 0 Å². The van der Waals surface area contributed by atoms with Gasteiger partial charge in [0.2, 0.25) is 0 Å². The van der Waals surface area contributed by atoms with E-state index in [1.165, 1.54) is 11.5 Å². The first-order valence-corrected chi connectivity index (χ1v) is 11.3. The van der Waals surface area contributed by atoms with Crippen molar-refractivity contribution in [1.29, 1.82) is 0 Å². The summed E-state index contributed by atoms with van der Waals surface area (Å²) in [5.41, 5.74) is -0.928. The van der Waals surface area contributed by atoms with Crippen LogP contribution in [0.4, 0.5) is 0 Å². The first kappa shape index (κ1) is 11.5. The van der Waals surface area contributed by atoms with E-state index in [1.807, 2.05) is 10.8 Å². The molecule has 0 aromatic carbocycles. The zero-order chi connectivity index (χ0) is 8.04. The monoisotopic (exact) mass is 216 g/mol. The minimum atomic E-state index is -0.928. The van der Waals surface area contributed by atoms with E-state index in [1.54, 1.807) is 0 Å². The van der Waals surface area contributed by atoms with Gasteiger partial charge in [-0.1, -0.05) is 0 Å². The van der Waals surface area contributed by atoms with Crippen molar-refractivity contribution in [1.82, 2.24) is 0 Å². The standard InChI is InChI=1S/C6H17PS3/c1-5-8-7(3,4)10-9-6-2/h7H,5-6H2,1-4H3. The molecule has 0 fully saturated rings. The summed E-state index contributed by atoms with van der Waals surface area (Å²) < 4.78 is 0. The van der Waals surface area contributed by atoms with E-state index in [0.29, 0.717) is 0 Å². The maximum absolute atomic E-state index is 2.43. The average molecular weight is 216 g/mol. The SMILES string of the molecule is CCSS[PH](C)(C)SCC. The van der Waals surface area contributed by atoms with Crippen LogP contribution in [0.25, 0.3) is 0 Å². The molecular weight excluding hydrogens is 199 g/mol. The van der Waals surface area contributed by atoms with Crippen molar-refractivity contribution in [3.8, 4) is 0 Å². The van der Waals surface area contributed by atoms with Crippen molar-refractivity contribution in [2.45, 2.75) is 13.8 Å². The van der Waals surface area contributed by atoms with Crippen LogP contribution in [-0.4, -0.2) is 24.8 Å². The molecule has 0 unspecified atom stereocenters. The molecule has 0 amide bonds. The Hall–Kier alpha value is 1.48. The molecule has 0 aromatic heterocycles. The Morgan fingerprint density at radius 2 is 1.70 bits per heavy atom. The van der Waals surface area contributed by atoms with Crippen molar-refractivity contribution in [2.75, 3.05) is 24.8 Å². The third-order valence-electron chi connectivity index (χ3n) is 0.869. The van der Waals surface area contributed by atoms with Crippen LogP contribution in [0.5, 0.6) is 0 Å². The van der Waals surface area contributed by atoms with Crippen molar-refractivity contribution in [3.05, 3.63) is 0 Å². The molecule has 0 bridgehead atoms. The summed E-state index contributed by atoms with van der Waals surface area (Å²) in [4.78, 5) is 0. The zero-order valence-corrected chi connectivity index (χ0v) is 10.6. The molecular formula is C6H17PS3. The van der Waals surface area contributed by atoms with Gasteiger partial charge in [-0.25, -0.2) is 0 Å². The molecule has 4 heteroatoms. The number of hydrogen-bond donors (Lipinski definition) is 0. The van der Waals surface area contributed by atoms with E-state index in [0.717, 1.165) is 0 Å². The molecule has 0 rings (SSSR count). The second kappa shape index (κ2) is 6.05. The Kier molecular flexibility index (Phi) is 6.94. The minimum absolute atomic E-state index is 0.928. The average Bonchev–Trinajstić information content (AvgIpc) is 1.84. The first-order chi connectivity index (χ1) is 4.62. The van der Waals surface area contributed by atoms with Crippen molar-refractivity contribution < 1.29 is 0 Å². The molecule has 0 N–H and O–H groups in total. The molecule has 0 heterocycles. The van der Waals surface area contributed by atoms with Crippen LogP contribution < -0.4 is 0 Å². The molecule has 0 aliphatic rings. The van der Waals surface area contributed by atoms with Gasteiger partial charge in [0.15, 0.2) is 0 Å². The summed E-state index contributed by atoms with van der Waals surface area (Å²) in [6, 6.07) is 0. The van der Waals surface area contributed by atoms with Crippen LogP contribution in [0, 0.1) is 0 Å². The zero-order valence-electron chi connectivity index (χ0n) is 7.14. The second-order valence-electron chi connectivity index (χ2n) is 2.32. The van der Waals surface area contributed by atoms with Crippen molar-refractivity contribution in [2.24, 2.45) is 0 Å². The van der Waals surface area contributed by atoms with Gasteiger partial charge in [-0.05, 0) is 0 Å². The fourth-order valence-corrected chi connectivity index (χ4v) is 12.9. The third-order valence-corrected chi connectivity index (χ3v) is 15.4. The van der Waals surface area contributed by atoms with Gasteiger partial charge in [0.25, 0.3) is 0 Å². The van der Waals surface area contributed by atoms with Gasteiger partial charge in [0, 0.05) is 0 Å². The van der Waals surface area contributed by atoms with Gasteiger partial charge < -0.3 is 0 Å². The summed E-state index contributed by atoms with van der Waals surface area (Å²) >= 11 is 2.15. The predicted octanol–water partition coefficient (Wildman–Crippen LogP) is 3.98. The topological polar surface area (TPSA) is 0 Å². The molecule has 0 atom stereocenters. The molecule has 0 saturated heterocycles. The Morgan fingerprint density at radius 3 is 2.10 bits per heavy atom. The molecule has 0 nitrogen and oxygen atoms in total. The van der Waals surface area contributed by atoms with Gasteiger partial charge in [0.1, 0.15) is 0 Å². The summed E-state index contributed by atoms with van der Waals surface area (Å²) in [5.74, 6) is 2.52. The van der Waals surface area contributed by atoms with Crippen LogP contribution in [0.2, 0.25) is 0 Å². The Balaban J connectivity index is 3.42. The Bertz CT molecular complexity index is 85.1. The van der Waals surface area contributed by atoms with E-state index in [-0.39, 0.29) is 0 Å². The van der Waals surface area contributed by atoms with Crippen LogP contribution in [0.15, 0.2) is 0 Å². The first-order valence-electron chi connectivity index (χ1n) is 3.57. The van der Waals surface area contributed by atoms with Gasteiger partial charge in [0.05, 0.1) is 0 Å². The third kappa shape index (κ3) is 6.21. The molecule has 0 saturated carbocycles. The van der Waals surface area contributed by atoms with Gasteiger partial charge in [-0.3, -0.25) is 0 Å². The van der Waals surface area contributed by atoms with Crippen LogP contribution in [0.1, 0.15) is 13.8 Å². The number of hydrogen-bond acceptors (Lipinski definition) is 3. The normalized spacial score (nSPS) is 13.6. The molecule has 0 aliphatic heterocycles. The summed E-state index contributed by atoms with van der Waals surface area (Å²) in [6.45, 7) is 9.32. The Labute approximate surface area is 76.9 Å². The molecule has 0 aliphatic carbocycles. The van der Waals surface area contributed by atoms with Crippen LogP contribution in [-0.2, 0) is 0 Å². The van der Waals surface area contributed by atoms with Crippen LogP contribution >= 0.6 is 38.3 Å². The van der Waals surface area contributed by atoms with E-state index in [2.05, 4.69) is 49.0 Å². The summed E-state index contributed by atoms with van der Waals surface area (Å²) in [7, 11) is 4.13. The second-order valence-corrected chi connectivity index (χ2v) is 17.4. The van der Waals surface area contributed by atoms with E-state index >= 15 is 0 Å². The molecule has 0 radical (unpaired) electrons. The number of rotatable bonds is 5. The molecule has 0 aromatic rings.